The number of halogens is 2. The van der Waals surface area contributed by atoms with E-state index in [0.717, 1.165) is 28.4 Å². The normalized spacial score (nSPS) is 19.6. The Labute approximate surface area is 124 Å². The van der Waals surface area contributed by atoms with Gasteiger partial charge in [0.25, 0.3) is 5.91 Å². The summed E-state index contributed by atoms with van der Waals surface area (Å²) in [6, 6.07) is 5.56. The number of benzene rings is 1. The third-order valence-corrected chi connectivity index (χ3v) is 4.12. The van der Waals surface area contributed by atoms with Gasteiger partial charge in [0, 0.05) is 22.1 Å². The second-order valence-electron chi connectivity index (χ2n) is 4.32. The Morgan fingerprint density at radius 2 is 2.22 bits per heavy atom. The van der Waals surface area contributed by atoms with Gasteiger partial charge >= 0.3 is 0 Å². The van der Waals surface area contributed by atoms with E-state index >= 15 is 0 Å². The summed E-state index contributed by atoms with van der Waals surface area (Å²) in [6.07, 6.45) is 3.50. The lowest BCUT2D eigenvalue weighted by molar-refractivity contribution is 0.0169. The molecule has 1 fully saturated rings. The molecule has 98 valence electrons. The predicted octanol–water partition coefficient (Wildman–Crippen LogP) is 3.51. The number of hydrogen-bond donors (Lipinski definition) is 1. The zero-order chi connectivity index (χ0) is 13.0. The van der Waals surface area contributed by atoms with Gasteiger partial charge in [-0.15, -0.1) is 0 Å². The quantitative estimate of drug-likeness (QED) is 0.876. The maximum atomic E-state index is 12.0. The van der Waals surface area contributed by atoms with Crippen LogP contribution in [0.2, 0.25) is 0 Å². The Bertz CT molecular complexity index is 431. The minimum Gasteiger partial charge on any atom is -0.376 e. The van der Waals surface area contributed by atoms with Gasteiger partial charge in [-0.25, -0.2) is 0 Å². The summed E-state index contributed by atoms with van der Waals surface area (Å²) in [6.45, 7) is 1.39. The van der Waals surface area contributed by atoms with E-state index in [2.05, 4.69) is 37.2 Å². The Morgan fingerprint density at radius 3 is 2.94 bits per heavy atom. The van der Waals surface area contributed by atoms with Crippen molar-refractivity contribution in [3.63, 3.8) is 0 Å². The second kappa shape index (κ2) is 6.68. The minimum atomic E-state index is -0.0719. The molecule has 1 aromatic rings. The van der Waals surface area contributed by atoms with Gasteiger partial charge in [-0.3, -0.25) is 4.79 Å². The first-order chi connectivity index (χ1) is 8.66. The summed E-state index contributed by atoms with van der Waals surface area (Å²) in [7, 11) is 0. The van der Waals surface area contributed by atoms with Gasteiger partial charge in [-0.1, -0.05) is 15.9 Å². The van der Waals surface area contributed by atoms with Crippen molar-refractivity contribution in [1.82, 2.24) is 5.32 Å². The molecule has 1 heterocycles. The van der Waals surface area contributed by atoms with Crippen LogP contribution in [-0.2, 0) is 4.74 Å². The number of carbonyl (C=O) groups excluding carboxylic acids is 1. The number of nitrogens with one attached hydrogen (secondary N) is 1. The molecule has 1 unspecified atom stereocenters. The van der Waals surface area contributed by atoms with Crippen LogP contribution in [0.3, 0.4) is 0 Å². The van der Waals surface area contributed by atoms with E-state index < -0.39 is 0 Å². The van der Waals surface area contributed by atoms with Gasteiger partial charge in [-0.2, -0.15) is 0 Å². The van der Waals surface area contributed by atoms with Crippen LogP contribution in [0.5, 0.6) is 0 Å². The molecular formula is C13H15Br2NO2. The third kappa shape index (κ3) is 3.80. The van der Waals surface area contributed by atoms with E-state index in [1.165, 1.54) is 6.42 Å². The molecule has 1 aromatic carbocycles. The maximum Gasteiger partial charge on any atom is 0.252 e. The average Bonchev–Trinajstić information content (AvgIpc) is 2.40. The van der Waals surface area contributed by atoms with E-state index in [9.17, 15) is 4.79 Å². The molecule has 1 atom stereocenters. The van der Waals surface area contributed by atoms with Crippen molar-refractivity contribution in [2.45, 2.75) is 25.4 Å². The van der Waals surface area contributed by atoms with Gasteiger partial charge < -0.3 is 10.1 Å². The first-order valence-corrected chi connectivity index (χ1v) is 7.60. The molecule has 2 rings (SSSR count). The number of ether oxygens (including phenoxy) is 1. The minimum absolute atomic E-state index is 0.0719. The Kier molecular flexibility index (Phi) is 5.21. The summed E-state index contributed by atoms with van der Waals surface area (Å²) in [5, 5.41) is 2.92. The molecule has 1 saturated heterocycles. The fourth-order valence-electron chi connectivity index (χ4n) is 1.94. The van der Waals surface area contributed by atoms with Crippen LogP contribution in [0, 0.1) is 0 Å². The third-order valence-electron chi connectivity index (χ3n) is 2.94. The maximum absolute atomic E-state index is 12.0. The number of hydrogen-bond acceptors (Lipinski definition) is 2. The summed E-state index contributed by atoms with van der Waals surface area (Å²) in [4.78, 5) is 12.0. The summed E-state index contributed by atoms with van der Waals surface area (Å²) < 4.78 is 7.27. The van der Waals surface area contributed by atoms with Gasteiger partial charge in [0.15, 0.2) is 0 Å². The first-order valence-electron chi connectivity index (χ1n) is 6.01. The summed E-state index contributed by atoms with van der Waals surface area (Å²) >= 11 is 6.75. The first kappa shape index (κ1) is 14.0. The Balaban J connectivity index is 1.92. The lowest BCUT2D eigenvalue weighted by atomic mass is 10.1. The molecule has 18 heavy (non-hydrogen) atoms. The van der Waals surface area contributed by atoms with E-state index in [-0.39, 0.29) is 12.0 Å². The lowest BCUT2D eigenvalue weighted by Gasteiger charge is -2.22. The second-order valence-corrected chi connectivity index (χ2v) is 6.09. The zero-order valence-corrected chi connectivity index (χ0v) is 13.1. The van der Waals surface area contributed by atoms with Crippen molar-refractivity contribution < 1.29 is 9.53 Å². The highest BCUT2D eigenvalue weighted by Gasteiger charge is 2.16. The fourth-order valence-corrected chi connectivity index (χ4v) is 2.73. The van der Waals surface area contributed by atoms with Gasteiger partial charge in [-0.05, 0) is 53.4 Å². The summed E-state index contributed by atoms with van der Waals surface area (Å²) in [5.74, 6) is -0.0719. The Morgan fingerprint density at radius 1 is 1.39 bits per heavy atom. The molecule has 1 N–H and O–H groups in total. The zero-order valence-electron chi connectivity index (χ0n) is 9.92. The topological polar surface area (TPSA) is 38.3 Å². The molecule has 0 aliphatic carbocycles. The van der Waals surface area contributed by atoms with Crippen LogP contribution in [-0.4, -0.2) is 25.2 Å². The van der Waals surface area contributed by atoms with Crippen molar-refractivity contribution in [1.29, 1.82) is 0 Å². The monoisotopic (exact) mass is 375 g/mol. The van der Waals surface area contributed by atoms with Crippen molar-refractivity contribution in [3.8, 4) is 0 Å². The molecule has 1 aliphatic rings. The molecule has 5 heteroatoms. The van der Waals surface area contributed by atoms with Crippen molar-refractivity contribution in [3.05, 3.63) is 32.7 Å². The molecule has 0 bridgehead atoms. The van der Waals surface area contributed by atoms with Crippen LogP contribution in [0.25, 0.3) is 0 Å². The van der Waals surface area contributed by atoms with Gasteiger partial charge in [0.2, 0.25) is 0 Å². The van der Waals surface area contributed by atoms with Gasteiger partial charge in [0.1, 0.15) is 0 Å². The number of rotatable bonds is 3. The molecule has 0 radical (unpaired) electrons. The molecule has 0 saturated carbocycles. The van der Waals surface area contributed by atoms with E-state index in [0.29, 0.717) is 12.1 Å². The van der Waals surface area contributed by atoms with Crippen LogP contribution < -0.4 is 5.32 Å². The van der Waals surface area contributed by atoms with Crippen molar-refractivity contribution >= 4 is 37.8 Å². The van der Waals surface area contributed by atoms with Crippen LogP contribution in [0.1, 0.15) is 29.6 Å². The molecule has 0 spiro atoms. The molecule has 3 nitrogen and oxygen atoms in total. The highest BCUT2D eigenvalue weighted by molar-refractivity contribution is 9.11. The number of carbonyl (C=O) groups is 1. The Hall–Kier alpha value is -0.390. The van der Waals surface area contributed by atoms with Crippen LogP contribution in [0.15, 0.2) is 27.1 Å². The standard InChI is InChI=1S/C13H15Br2NO2/c14-9-4-5-12(15)11(7-9)13(17)16-8-10-3-1-2-6-18-10/h4-5,7,10H,1-3,6,8H2,(H,16,17). The molecule has 0 aromatic heterocycles. The SMILES string of the molecule is O=C(NCC1CCCCO1)c1cc(Br)ccc1Br. The van der Waals surface area contributed by atoms with Crippen molar-refractivity contribution in [2.75, 3.05) is 13.2 Å². The number of amides is 1. The summed E-state index contributed by atoms with van der Waals surface area (Å²) in [5.41, 5.74) is 0.639. The van der Waals surface area contributed by atoms with Crippen LogP contribution >= 0.6 is 31.9 Å². The largest absolute Gasteiger partial charge is 0.376 e. The molecule has 1 amide bonds. The van der Waals surface area contributed by atoms with Gasteiger partial charge in [0.05, 0.1) is 11.7 Å². The smallest absolute Gasteiger partial charge is 0.252 e. The van der Waals surface area contributed by atoms with Crippen LogP contribution in [0.4, 0.5) is 0 Å². The highest BCUT2D eigenvalue weighted by atomic mass is 79.9. The lowest BCUT2D eigenvalue weighted by Crippen LogP contribution is -2.35. The van der Waals surface area contributed by atoms with Crippen molar-refractivity contribution in [2.24, 2.45) is 0 Å². The molecule has 1 aliphatic heterocycles. The highest BCUT2D eigenvalue weighted by Crippen LogP contribution is 2.21. The predicted molar refractivity (Wildman–Crippen MR) is 77.8 cm³/mol. The van der Waals surface area contributed by atoms with E-state index in [1.807, 2.05) is 12.1 Å². The molecular weight excluding hydrogens is 362 g/mol. The van der Waals surface area contributed by atoms with E-state index in [4.69, 9.17) is 4.74 Å². The fraction of sp³-hybridized carbons (Fsp3) is 0.462. The average molecular weight is 377 g/mol. The van der Waals surface area contributed by atoms with E-state index in [1.54, 1.807) is 6.07 Å².